The van der Waals surface area contributed by atoms with Crippen LogP contribution in [0, 0.1) is 5.82 Å². The minimum atomic E-state index is -0.989. The number of urea groups is 1. The molecule has 2 amide bonds. The summed E-state index contributed by atoms with van der Waals surface area (Å²) < 4.78 is 24.6. The van der Waals surface area contributed by atoms with Crippen molar-refractivity contribution >= 4 is 29.4 Å². The largest absolute Gasteiger partial charge is 0.492 e. The SMILES string of the molecule is CCCCSCCN(CCOc1ccc(CC(OCC)C(=O)O)cc1)C(=O)Nc1cccc(F)c1. The van der Waals surface area contributed by atoms with Crippen LogP contribution in [-0.2, 0) is 16.0 Å². The summed E-state index contributed by atoms with van der Waals surface area (Å²) in [4.78, 5) is 25.7. The normalized spacial score (nSPS) is 11.6. The predicted molar refractivity (Wildman–Crippen MR) is 138 cm³/mol. The van der Waals surface area contributed by atoms with Crippen molar-refractivity contribution < 1.29 is 28.6 Å². The van der Waals surface area contributed by atoms with Gasteiger partial charge in [-0.2, -0.15) is 11.8 Å². The van der Waals surface area contributed by atoms with Crippen molar-refractivity contribution in [2.24, 2.45) is 0 Å². The maximum Gasteiger partial charge on any atom is 0.333 e. The molecule has 0 aromatic heterocycles. The van der Waals surface area contributed by atoms with E-state index in [0.717, 1.165) is 29.9 Å². The van der Waals surface area contributed by atoms with Crippen LogP contribution < -0.4 is 10.1 Å². The number of amides is 2. The van der Waals surface area contributed by atoms with Gasteiger partial charge in [0.1, 0.15) is 18.2 Å². The number of carboxylic acids is 1. The van der Waals surface area contributed by atoms with Gasteiger partial charge in [0.05, 0.1) is 6.54 Å². The number of unbranched alkanes of at least 4 members (excludes halogenated alkanes) is 1. The molecule has 0 aliphatic carbocycles. The standard InChI is InChI=1S/C26H35FN2O5S/c1-3-5-16-35-17-14-29(26(32)28-22-8-6-7-21(27)19-22)13-15-34-23-11-9-20(10-12-23)18-24(25(30)31)33-4-2/h6-12,19,24H,3-5,13-18H2,1-2H3,(H,28,32)(H,30,31). The van der Waals surface area contributed by atoms with Crippen molar-refractivity contribution in [3.63, 3.8) is 0 Å². The lowest BCUT2D eigenvalue weighted by molar-refractivity contribution is -0.149. The Labute approximate surface area is 211 Å². The highest BCUT2D eigenvalue weighted by atomic mass is 32.2. The van der Waals surface area contributed by atoms with Gasteiger partial charge in [0.2, 0.25) is 0 Å². The topological polar surface area (TPSA) is 88.1 Å². The van der Waals surface area contributed by atoms with E-state index in [9.17, 15) is 19.1 Å². The molecule has 2 aromatic rings. The first kappa shape index (κ1) is 28.5. The van der Waals surface area contributed by atoms with Gasteiger partial charge < -0.3 is 24.8 Å². The first-order valence-electron chi connectivity index (χ1n) is 11.9. The number of carbonyl (C=O) groups is 2. The molecule has 2 rings (SSSR count). The number of aliphatic carboxylic acids is 1. The summed E-state index contributed by atoms with van der Waals surface area (Å²) >= 11 is 1.80. The molecule has 0 bridgehead atoms. The summed E-state index contributed by atoms with van der Waals surface area (Å²) in [6.45, 7) is 5.43. The number of anilines is 1. The van der Waals surface area contributed by atoms with Crippen LogP contribution in [0.2, 0.25) is 0 Å². The highest BCUT2D eigenvalue weighted by molar-refractivity contribution is 7.99. The Kier molecular flexibility index (Phi) is 13.0. The van der Waals surface area contributed by atoms with E-state index in [1.807, 2.05) is 12.1 Å². The van der Waals surface area contributed by atoms with Crippen LogP contribution in [0.5, 0.6) is 5.75 Å². The number of hydrogen-bond donors (Lipinski definition) is 2. The van der Waals surface area contributed by atoms with E-state index in [1.54, 1.807) is 47.9 Å². The third-order valence-electron chi connectivity index (χ3n) is 5.13. The molecule has 2 N–H and O–H groups in total. The Morgan fingerprint density at radius 3 is 2.54 bits per heavy atom. The first-order valence-corrected chi connectivity index (χ1v) is 13.0. The summed E-state index contributed by atoms with van der Waals surface area (Å²) in [6, 6.07) is 12.7. The average Bonchev–Trinajstić information content (AvgIpc) is 2.83. The Bertz CT molecular complexity index is 913. The molecule has 0 spiro atoms. The molecule has 0 heterocycles. The Balaban J connectivity index is 1.90. The van der Waals surface area contributed by atoms with Crippen molar-refractivity contribution in [2.75, 3.05) is 43.1 Å². The number of benzene rings is 2. The molecule has 0 saturated heterocycles. The third-order valence-corrected chi connectivity index (χ3v) is 6.18. The fourth-order valence-corrected chi connectivity index (χ4v) is 4.28. The van der Waals surface area contributed by atoms with Crippen LogP contribution in [0.1, 0.15) is 32.3 Å². The van der Waals surface area contributed by atoms with Gasteiger partial charge in [-0.15, -0.1) is 0 Å². The number of nitrogens with one attached hydrogen (secondary N) is 1. The molecule has 35 heavy (non-hydrogen) atoms. The van der Waals surface area contributed by atoms with Crippen molar-refractivity contribution in [3.8, 4) is 5.75 Å². The molecule has 1 unspecified atom stereocenters. The number of ether oxygens (including phenoxy) is 2. The predicted octanol–water partition coefficient (Wildman–Crippen LogP) is 5.30. The van der Waals surface area contributed by atoms with Gasteiger partial charge in [-0.3, -0.25) is 0 Å². The van der Waals surface area contributed by atoms with E-state index in [-0.39, 0.29) is 19.1 Å². The molecular weight excluding hydrogens is 471 g/mol. The highest BCUT2D eigenvalue weighted by Gasteiger charge is 2.18. The van der Waals surface area contributed by atoms with E-state index in [2.05, 4.69) is 12.2 Å². The van der Waals surface area contributed by atoms with Crippen LogP contribution in [0.3, 0.4) is 0 Å². The molecule has 0 fully saturated rings. The second-order valence-corrected chi connectivity index (χ2v) is 9.10. The zero-order chi connectivity index (χ0) is 25.5. The number of halogens is 1. The van der Waals surface area contributed by atoms with E-state index < -0.39 is 17.9 Å². The lowest BCUT2D eigenvalue weighted by atomic mass is 10.1. The van der Waals surface area contributed by atoms with Gasteiger partial charge in [0.25, 0.3) is 0 Å². The number of carbonyl (C=O) groups excluding carboxylic acids is 1. The van der Waals surface area contributed by atoms with Crippen molar-refractivity contribution in [1.82, 2.24) is 4.90 Å². The fourth-order valence-electron chi connectivity index (χ4n) is 3.24. The van der Waals surface area contributed by atoms with Crippen LogP contribution in [0.4, 0.5) is 14.9 Å². The number of carboxylic acid groups (broad SMARTS) is 1. The lowest BCUT2D eigenvalue weighted by Gasteiger charge is -2.23. The van der Waals surface area contributed by atoms with Crippen LogP contribution in [0.25, 0.3) is 0 Å². The number of nitrogens with zero attached hydrogens (tertiary/aromatic N) is 1. The molecule has 2 aromatic carbocycles. The maximum absolute atomic E-state index is 13.5. The van der Waals surface area contributed by atoms with Gasteiger partial charge in [-0.05, 0) is 55.0 Å². The summed E-state index contributed by atoms with van der Waals surface area (Å²) in [5.74, 6) is 1.07. The first-order chi connectivity index (χ1) is 16.9. The molecule has 1 atom stereocenters. The average molecular weight is 507 g/mol. The molecule has 0 aliphatic rings. The van der Waals surface area contributed by atoms with Crippen LogP contribution in [0.15, 0.2) is 48.5 Å². The Morgan fingerprint density at radius 1 is 1.11 bits per heavy atom. The molecular formula is C26H35FN2O5S. The van der Waals surface area contributed by atoms with Gasteiger partial charge >= 0.3 is 12.0 Å². The smallest absolute Gasteiger partial charge is 0.333 e. The lowest BCUT2D eigenvalue weighted by Crippen LogP contribution is -2.39. The van der Waals surface area contributed by atoms with Crippen LogP contribution in [-0.4, -0.2) is 65.9 Å². The third kappa shape index (κ3) is 11.0. The second-order valence-electron chi connectivity index (χ2n) is 7.87. The molecule has 192 valence electrons. The summed E-state index contributed by atoms with van der Waals surface area (Å²) in [7, 11) is 0. The number of hydrogen-bond acceptors (Lipinski definition) is 5. The summed E-state index contributed by atoms with van der Waals surface area (Å²) in [5, 5.41) is 12.0. The summed E-state index contributed by atoms with van der Waals surface area (Å²) in [6.07, 6.45) is 1.66. The molecule has 9 heteroatoms. The molecule has 0 aliphatic heterocycles. The summed E-state index contributed by atoms with van der Waals surface area (Å²) in [5.41, 5.74) is 1.24. The molecule has 0 saturated carbocycles. The zero-order valence-corrected chi connectivity index (χ0v) is 21.2. The van der Waals surface area contributed by atoms with Gasteiger partial charge in [-0.1, -0.05) is 31.5 Å². The van der Waals surface area contributed by atoms with E-state index in [0.29, 0.717) is 31.1 Å². The molecule has 7 nitrogen and oxygen atoms in total. The van der Waals surface area contributed by atoms with Gasteiger partial charge in [-0.25, -0.2) is 14.0 Å². The number of thioether (sulfide) groups is 1. The number of rotatable bonds is 16. The van der Waals surface area contributed by atoms with Gasteiger partial charge in [0, 0.05) is 31.0 Å². The zero-order valence-electron chi connectivity index (χ0n) is 20.4. The van der Waals surface area contributed by atoms with E-state index >= 15 is 0 Å². The van der Waals surface area contributed by atoms with Crippen LogP contribution >= 0.6 is 11.8 Å². The fraction of sp³-hybridized carbons (Fsp3) is 0.462. The van der Waals surface area contributed by atoms with E-state index in [1.165, 1.54) is 12.1 Å². The minimum Gasteiger partial charge on any atom is -0.492 e. The van der Waals surface area contributed by atoms with Crippen molar-refractivity contribution in [3.05, 3.63) is 59.9 Å². The van der Waals surface area contributed by atoms with E-state index in [4.69, 9.17) is 9.47 Å². The molecule has 0 radical (unpaired) electrons. The monoisotopic (exact) mass is 506 g/mol. The maximum atomic E-state index is 13.5. The highest BCUT2D eigenvalue weighted by Crippen LogP contribution is 2.15. The van der Waals surface area contributed by atoms with Crippen molar-refractivity contribution in [2.45, 2.75) is 39.2 Å². The minimum absolute atomic E-state index is 0.271. The van der Waals surface area contributed by atoms with Gasteiger partial charge in [0.15, 0.2) is 6.10 Å². The second kappa shape index (κ2) is 16.0. The van der Waals surface area contributed by atoms with Crippen molar-refractivity contribution in [1.29, 1.82) is 0 Å². The quantitative estimate of drug-likeness (QED) is 0.300. The Hall–Kier alpha value is -2.78. The Morgan fingerprint density at radius 2 is 1.89 bits per heavy atom.